The van der Waals surface area contributed by atoms with Gasteiger partial charge >= 0.3 is 0 Å². The van der Waals surface area contributed by atoms with Crippen molar-refractivity contribution in [2.24, 2.45) is 0 Å². The zero-order chi connectivity index (χ0) is 14.8. The Morgan fingerprint density at radius 2 is 2.05 bits per heavy atom. The molecule has 1 rings (SSSR count). The first-order valence-corrected chi connectivity index (χ1v) is 7.82. The van der Waals surface area contributed by atoms with Gasteiger partial charge in [0.05, 0.1) is 38.1 Å². The van der Waals surface area contributed by atoms with Gasteiger partial charge in [0.2, 0.25) is 0 Å². The molecule has 2 atom stereocenters. The zero-order valence-electron chi connectivity index (χ0n) is 12.1. The van der Waals surface area contributed by atoms with Crippen LogP contribution in [0.1, 0.15) is 25.5 Å². The number of thiophene rings is 1. The molecule has 0 aromatic carbocycles. The highest BCUT2D eigenvalue weighted by atomic mass is 32.1. The number of aliphatic hydroxyl groups is 2. The molecule has 0 fully saturated rings. The average molecular weight is 303 g/mol. The van der Waals surface area contributed by atoms with E-state index < -0.39 is 12.2 Å². The van der Waals surface area contributed by atoms with Crippen LogP contribution in [0, 0.1) is 0 Å². The lowest BCUT2D eigenvalue weighted by atomic mass is 10.2. The number of ether oxygens (including phenoxy) is 2. The van der Waals surface area contributed by atoms with Crippen molar-refractivity contribution in [3.05, 3.63) is 22.4 Å². The Labute approximate surface area is 124 Å². The van der Waals surface area contributed by atoms with Crippen LogP contribution in [-0.2, 0) is 9.47 Å². The molecule has 1 heterocycles. The van der Waals surface area contributed by atoms with Gasteiger partial charge in [0.25, 0.3) is 0 Å². The topological polar surface area (TPSA) is 71.0 Å². The van der Waals surface area contributed by atoms with Gasteiger partial charge in [0.1, 0.15) is 0 Å². The van der Waals surface area contributed by atoms with Crippen LogP contribution in [0.4, 0.5) is 0 Å². The van der Waals surface area contributed by atoms with E-state index in [2.05, 4.69) is 5.32 Å². The van der Waals surface area contributed by atoms with E-state index in [9.17, 15) is 10.2 Å². The van der Waals surface area contributed by atoms with Crippen molar-refractivity contribution in [3.63, 3.8) is 0 Å². The van der Waals surface area contributed by atoms with Crippen molar-refractivity contribution < 1.29 is 19.7 Å². The van der Waals surface area contributed by atoms with Crippen LogP contribution in [0.25, 0.3) is 0 Å². The molecule has 0 aliphatic rings. The summed E-state index contributed by atoms with van der Waals surface area (Å²) in [5.41, 5.74) is 0.902. The summed E-state index contributed by atoms with van der Waals surface area (Å²) in [6.07, 6.45) is -0.915. The van der Waals surface area contributed by atoms with Gasteiger partial charge in [-0.2, -0.15) is 11.3 Å². The first-order chi connectivity index (χ1) is 9.59. The van der Waals surface area contributed by atoms with Crippen LogP contribution in [0.15, 0.2) is 16.8 Å². The molecular weight excluding hydrogens is 278 g/mol. The maximum atomic E-state index is 9.84. The lowest BCUT2D eigenvalue weighted by Crippen LogP contribution is -2.33. The Morgan fingerprint density at radius 3 is 2.70 bits per heavy atom. The van der Waals surface area contributed by atoms with Crippen molar-refractivity contribution in [2.45, 2.75) is 32.2 Å². The molecule has 20 heavy (non-hydrogen) atoms. The van der Waals surface area contributed by atoms with Crippen LogP contribution in [0.3, 0.4) is 0 Å². The summed E-state index contributed by atoms with van der Waals surface area (Å²) in [5, 5.41) is 26.4. The predicted molar refractivity (Wildman–Crippen MR) is 80.1 cm³/mol. The molecule has 1 aromatic heterocycles. The van der Waals surface area contributed by atoms with E-state index in [-0.39, 0.29) is 12.7 Å². The molecule has 0 radical (unpaired) electrons. The summed E-state index contributed by atoms with van der Waals surface area (Å²) in [6.45, 7) is 6.04. The van der Waals surface area contributed by atoms with Crippen molar-refractivity contribution >= 4 is 11.3 Å². The summed E-state index contributed by atoms with van der Waals surface area (Å²) in [7, 11) is 0. The molecule has 0 spiro atoms. The second kappa shape index (κ2) is 10.3. The van der Waals surface area contributed by atoms with E-state index in [1.807, 2.05) is 30.7 Å². The molecule has 6 heteroatoms. The number of aliphatic hydroxyl groups excluding tert-OH is 2. The van der Waals surface area contributed by atoms with Gasteiger partial charge in [-0.3, -0.25) is 0 Å². The monoisotopic (exact) mass is 303 g/mol. The molecule has 0 amide bonds. The molecule has 3 N–H and O–H groups in total. The normalized spacial score (nSPS) is 14.7. The second-order valence-corrected chi connectivity index (χ2v) is 5.66. The van der Waals surface area contributed by atoms with E-state index >= 15 is 0 Å². The smallest absolute Gasteiger partial charge is 0.0922 e. The van der Waals surface area contributed by atoms with E-state index in [0.29, 0.717) is 26.3 Å². The number of nitrogens with one attached hydrogen (secondary N) is 1. The molecule has 116 valence electrons. The number of hydrogen-bond donors (Lipinski definition) is 3. The van der Waals surface area contributed by atoms with Crippen molar-refractivity contribution in [2.75, 3.05) is 32.9 Å². The molecule has 0 bridgehead atoms. The first-order valence-electron chi connectivity index (χ1n) is 6.88. The van der Waals surface area contributed by atoms with Gasteiger partial charge in [-0.15, -0.1) is 0 Å². The Bertz CT molecular complexity index is 332. The molecule has 0 aliphatic heterocycles. The third-order valence-corrected chi connectivity index (χ3v) is 3.34. The van der Waals surface area contributed by atoms with Gasteiger partial charge in [0, 0.05) is 13.1 Å². The minimum Gasteiger partial charge on any atom is -0.389 e. The zero-order valence-corrected chi connectivity index (χ0v) is 12.9. The average Bonchev–Trinajstić information content (AvgIpc) is 2.91. The summed E-state index contributed by atoms with van der Waals surface area (Å²) in [4.78, 5) is 0. The molecule has 5 nitrogen and oxygen atoms in total. The fourth-order valence-corrected chi connectivity index (χ4v) is 2.30. The van der Waals surface area contributed by atoms with E-state index in [0.717, 1.165) is 5.56 Å². The molecule has 0 saturated heterocycles. The molecule has 2 unspecified atom stereocenters. The highest BCUT2D eigenvalue weighted by molar-refractivity contribution is 7.07. The van der Waals surface area contributed by atoms with Crippen molar-refractivity contribution in [3.8, 4) is 0 Å². The molecular formula is C14H25NO4S. The molecule has 1 aromatic rings. The third kappa shape index (κ3) is 7.94. The van der Waals surface area contributed by atoms with E-state index in [1.54, 1.807) is 11.3 Å². The lowest BCUT2D eigenvalue weighted by Gasteiger charge is -2.15. The van der Waals surface area contributed by atoms with Gasteiger partial charge in [0.15, 0.2) is 0 Å². The quantitative estimate of drug-likeness (QED) is 0.535. The Morgan fingerprint density at radius 1 is 1.25 bits per heavy atom. The van der Waals surface area contributed by atoms with Crippen molar-refractivity contribution in [1.82, 2.24) is 5.32 Å². The summed E-state index contributed by atoms with van der Waals surface area (Å²) < 4.78 is 10.6. The standard InChI is InChI=1S/C14H25NO4S/c1-11(2)19-5-4-18-9-13(16)7-15-8-14(17)12-3-6-20-10-12/h3,6,10-11,13-17H,4-5,7-9H2,1-2H3. The third-order valence-electron chi connectivity index (χ3n) is 2.63. The maximum absolute atomic E-state index is 9.84. The summed E-state index contributed by atoms with van der Waals surface area (Å²) in [5.74, 6) is 0. The summed E-state index contributed by atoms with van der Waals surface area (Å²) in [6, 6.07) is 1.89. The van der Waals surface area contributed by atoms with Gasteiger partial charge < -0.3 is 25.0 Å². The van der Waals surface area contributed by atoms with E-state index in [1.165, 1.54) is 0 Å². The van der Waals surface area contributed by atoms with Crippen LogP contribution in [0.2, 0.25) is 0 Å². The van der Waals surface area contributed by atoms with Gasteiger partial charge in [-0.1, -0.05) is 0 Å². The largest absolute Gasteiger partial charge is 0.389 e. The second-order valence-electron chi connectivity index (χ2n) is 4.88. The SMILES string of the molecule is CC(C)OCCOCC(O)CNCC(O)c1ccsc1. The Hall–Kier alpha value is -0.500. The van der Waals surface area contributed by atoms with Gasteiger partial charge in [-0.25, -0.2) is 0 Å². The van der Waals surface area contributed by atoms with Crippen LogP contribution >= 0.6 is 11.3 Å². The minimum absolute atomic E-state index is 0.198. The summed E-state index contributed by atoms with van der Waals surface area (Å²) >= 11 is 1.56. The Kier molecular flexibility index (Phi) is 9.00. The number of hydrogen-bond acceptors (Lipinski definition) is 6. The number of rotatable bonds is 11. The lowest BCUT2D eigenvalue weighted by molar-refractivity contribution is -0.0104. The first kappa shape index (κ1) is 17.6. The van der Waals surface area contributed by atoms with E-state index in [4.69, 9.17) is 9.47 Å². The maximum Gasteiger partial charge on any atom is 0.0922 e. The predicted octanol–water partition coefficient (Wildman–Crippen LogP) is 1.17. The van der Waals surface area contributed by atoms with Gasteiger partial charge in [-0.05, 0) is 36.2 Å². The van der Waals surface area contributed by atoms with Crippen LogP contribution in [-0.4, -0.2) is 55.3 Å². The molecule has 0 aliphatic carbocycles. The fourth-order valence-electron chi connectivity index (χ4n) is 1.59. The Balaban J connectivity index is 1.98. The van der Waals surface area contributed by atoms with Crippen LogP contribution in [0.5, 0.6) is 0 Å². The van der Waals surface area contributed by atoms with Crippen LogP contribution < -0.4 is 5.32 Å². The highest BCUT2D eigenvalue weighted by Gasteiger charge is 2.09. The molecule has 0 saturated carbocycles. The van der Waals surface area contributed by atoms with Crippen molar-refractivity contribution in [1.29, 1.82) is 0 Å². The highest BCUT2D eigenvalue weighted by Crippen LogP contribution is 2.14. The minimum atomic E-state index is -0.580. The fraction of sp³-hybridized carbons (Fsp3) is 0.714.